The molecule has 0 aliphatic rings. The first-order valence-electron chi connectivity index (χ1n) is 4.96. The third-order valence-electron chi connectivity index (χ3n) is 2.30. The van der Waals surface area contributed by atoms with Crippen LogP contribution in [0.5, 0.6) is 0 Å². The summed E-state index contributed by atoms with van der Waals surface area (Å²) in [5.41, 5.74) is 0.676. The highest BCUT2D eigenvalue weighted by Crippen LogP contribution is 2.28. The van der Waals surface area contributed by atoms with Crippen LogP contribution in [0.15, 0.2) is 29.0 Å². The molecule has 94 valence electrons. The highest BCUT2D eigenvalue weighted by molar-refractivity contribution is 9.10. The lowest BCUT2D eigenvalue weighted by Crippen LogP contribution is -2.02. The summed E-state index contributed by atoms with van der Waals surface area (Å²) in [5.74, 6) is -1.84. The van der Waals surface area contributed by atoms with Crippen molar-refractivity contribution in [2.24, 2.45) is 7.05 Å². The Morgan fingerprint density at radius 3 is 2.83 bits per heavy atom. The number of carboxylic acids is 1. The molecule has 0 saturated carbocycles. The molecule has 5 nitrogen and oxygen atoms in total. The maximum Gasteiger partial charge on any atom is 0.336 e. The van der Waals surface area contributed by atoms with E-state index in [4.69, 9.17) is 5.11 Å². The Morgan fingerprint density at radius 1 is 1.56 bits per heavy atom. The molecule has 0 aliphatic carbocycles. The minimum Gasteiger partial charge on any atom is -0.478 e. The van der Waals surface area contributed by atoms with E-state index in [0.29, 0.717) is 5.69 Å². The molecule has 1 aromatic carbocycles. The number of carbonyl (C=O) groups is 1. The fourth-order valence-corrected chi connectivity index (χ4v) is 1.97. The lowest BCUT2D eigenvalue weighted by Gasteiger charge is -2.08. The quantitative estimate of drug-likeness (QED) is 0.914. The van der Waals surface area contributed by atoms with E-state index in [9.17, 15) is 9.18 Å². The Morgan fingerprint density at radius 2 is 2.28 bits per heavy atom. The number of nitrogens with zero attached hydrogens (tertiary/aromatic N) is 2. The monoisotopic (exact) mass is 313 g/mol. The fraction of sp³-hybridized carbons (Fsp3) is 0.0909. The second kappa shape index (κ2) is 4.77. The largest absolute Gasteiger partial charge is 0.478 e. The van der Waals surface area contributed by atoms with Gasteiger partial charge in [-0.15, -0.1) is 0 Å². The van der Waals surface area contributed by atoms with Crippen LogP contribution in [0, 0.1) is 5.82 Å². The number of rotatable bonds is 3. The number of nitrogens with one attached hydrogen (secondary N) is 1. The van der Waals surface area contributed by atoms with E-state index in [1.807, 2.05) is 0 Å². The van der Waals surface area contributed by atoms with Gasteiger partial charge >= 0.3 is 5.97 Å². The molecule has 2 aromatic rings. The topological polar surface area (TPSA) is 67.2 Å². The van der Waals surface area contributed by atoms with Gasteiger partial charge in [-0.2, -0.15) is 5.10 Å². The van der Waals surface area contributed by atoms with Crippen LogP contribution < -0.4 is 5.32 Å². The summed E-state index contributed by atoms with van der Waals surface area (Å²) in [5, 5.41) is 15.6. The number of hydrogen-bond donors (Lipinski definition) is 2. The van der Waals surface area contributed by atoms with Crippen LogP contribution >= 0.6 is 15.9 Å². The van der Waals surface area contributed by atoms with Crippen LogP contribution in [0.2, 0.25) is 0 Å². The molecular formula is C11H9BrFN3O2. The van der Waals surface area contributed by atoms with Gasteiger partial charge in [0.05, 0.1) is 27.6 Å². The number of benzene rings is 1. The van der Waals surface area contributed by atoms with Crippen molar-refractivity contribution in [3.8, 4) is 0 Å². The molecule has 0 fully saturated rings. The van der Waals surface area contributed by atoms with Crippen LogP contribution in [0.4, 0.5) is 15.8 Å². The summed E-state index contributed by atoms with van der Waals surface area (Å²) in [4.78, 5) is 10.8. The van der Waals surface area contributed by atoms with Crippen molar-refractivity contribution in [1.82, 2.24) is 9.78 Å². The summed E-state index contributed by atoms with van der Waals surface area (Å²) < 4.78 is 15.4. The summed E-state index contributed by atoms with van der Waals surface area (Å²) in [7, 11) is 1.74. The molecule has 1 aromatic heterocycles. The zero-order chi connectivity index (χ0) is 13.3. The van der Waals surface area contributed by atoms with Crippen molar-refractivity contribution < 1.29 is 14.3 Å². The Labute approximate surface area is 110 Å². The molecule has 0 spiro atoms. The third-order valence-corrected chi connectivity index (χ3v) is 3.07. The predicted molar refractivity (Wildman–Crippen MR) is 67.6 cm³/mol. The second-order valence-electron chi connectivity index (χ2n) is 3.62. The molecule has 7 heteroatoms. The maximum atomic E-state index is 13.9. The van der Waals surface area contributed by atoms with E-state index in [1.165, 1.54) is 12.1 Å². The molecule has 0 atom stereocenters. The minimum atomic E-state index is -1.19. The number of halogens is 2. The maximum absolute atomic E-state index is 13.9. The molecule has 0 bridgehead atoms. The molecule has 0 radical (unpaired) electrons. The van der Waals surface area contributed by atoms with Gasteiger partial charge in [-0.25, -0.2) is 9.18 Å². The van der Waals surface area contributed by atoms with Gasteiger partial charge in [0.2, 0.25) is 0 Å². The van der Waals surface area contributed by atoms with Gasteiger partial charge in [-0.1, -0.05) is 0 Å². The first-order valence-corrected chi connectivity index (χ1v) is 5.75. The van der Waals surface area contributed by atoms with Gasteiger partial charge in [-0.3, -0.25) is 4.68 Å². The van der Waals surface area contributed by atoms with Crippen LogP contribution in [0.1, 0.15) is 10.4 Å². The SMILES string of the molecule is Cn1cc(Nc2ccc(C(=O)O)c(Br)c2F)cn1. The van der Waals surface area contributed by atoms with Gasteiger partial charge in [0.25, 0.3) is 0 Å². The third kappa shape index (κ3) is 2.35. The minimum absolute atomic E-state index is 0.0797. The highest BCUT2D eigenvalue weighted by Gasteiger charge is 2.16. The molecule has 0 saturated heterocycles. The fourth-order valence-electron chi connectivity index (χ4n) is 1.45. The second-order valence-corrected chi connectivity index (χ2v) is 4.41. The van der Waals surface area contributed by atoms with E-state index >= 15 is 0 Å². The molecule has 2 rings (SSSR count). The first kappa shape index (κ1) is 12.6. The number of carboxylic acid groups (broad SMARTS) is 1. The van der Waals surface area contributed by atoms with E-state index in [1.54, 1.807) is 24.1 Å². The van der Waals surface area contributed by atoms with Gasteiger partial charge in [0.1, 0.15) is 0 Å². The number of aromatic nitrogens is 2. The predicted octanol–water partition coefficient (Wildman–Crippen LogP) is 2.76. The standard InChI is InChI=1S/C11H9BrFN3O2/c1-16-5-6(4-14-16)15-8-3-2-7(11(17)18)9(12)10(8)13/h2-5,15H,1H3,(H,17,18). The summed E-state index contributed by atoms with van der Waals surface area (Å²) in [6.45, 7) is 0. The van der Waals surface area contributed by atoms with Crippen LogP contribution in [-0.4, -0.2) is 20.9 Å². The average Bonchev–Trinajstić information content (AvgIpc) is 2.70. The lowest BCUT2D eigenvalue weighted by molar-refractivity contribution is 0.0695. The van der Waals surface area contributed by atoms with Crippen molar-refractivity contribution >= 4 is 33.3 Å². The molecule has 0 aliphatic heterocycles. The van der Waals surface area contributed by atoms with E-state index < -0.39 is 11.8 Å². The molecule has 2 N–H and O–H groups in total. The highest BCUT2D eigenvalue weighted by atomic mass is 79.9. The number of aryl methyl sites for hydroxylation is 1. The Balaban J connectivity index is 2.35. The summed E-state index contributed by atoms with van der Waals surface area (Å²) in [6.07, 6.45) is 3.22. The first-order chi connectivity index (χ1) is 8.49. The van der Waals surface area contributed by atoms with Crippen molar-refractivity contribution in [2.75, 3.05) is 5.32 Å². The van der Waals surface area contributed by atoms with Crippen molar-refractivity contribution in [3.63, 3.8) is 0 Å². The van der Waals surface area contributed by atoms with Crippen molar-refractivity contribution in [2.45, 2.75) is 0 Å². The zero-order valence-electron chi connectivity index (χ0n) is 9.32. The average molecular weight is 314 g/mol. The number of aromatic carboxylic acids is 1. The van der Waals surface area contributed by atoms with E-state index in [-0.39, 0.29) is 15.7 Å². The van der Waals surface area contributed by atoms with Gasteiger partial charge in [0, 0.05) is 13.2 Å². The number of hydrogen-bond acceptors (Lipinski definition) is 3. The van der Waals surface area contributed by atoms with Gasteiger partial charge in [0.15, 0.2) is 5.82 Å². The lowest BCUT2D eigenvalue weighted by atomic mass is 10.2. The Bertz CT molecular complexity index is 612. The zero-order valence-corrected chi connectivity index (χ0v) is 10.9. The summed E-state index contributed by atoms with van der Waals surface area (Å²) >= 11 is 2.93. The smallest absolute Gasteiger partial charge is 0.336 e. The van der Waals surface area contributed by atoms with Crippen molar-refractivity contribution in [3.05, 3.63) is 40.4 Å². The molecule has 18 heavy (non-hydrogen) atoms. The molecule has 0 unspecified atom stereocenters. The van der Waals surface area contributed by atoms with Gasteiger partial charge in [-0.05, 0) is 28.1 Å². The summed E-state index contributed by atoms with van der Waals surface area (Å²) in [6, 6.07) is 2.70. The van der Waals surface area contributed by atoms with Gasteiger partial charge < -0.3 is 10.4 Å². The van der Waals surface area contributed by atoms with E-state index in [0.717, 1.165) is 0 Å². The molecule has 0 amide bonds. The normalized spacial score (nSPS) is 10.4. The Kier molecular flexibility index (Phi) is 3.33. The van der Waals surface area contributed by atoms with Crippen LogP contribution in [0.25, 0.3) is 0 Å². The van der Waals surface area contributed by atoms with Crippen LogP contribution in [-0.2, 0) is 7.05 Å². The Hall–Kier alpha value is -1.89. The molecular weight excluding hydrogens is 305 g/mol. The number of anilines is 2. The van der Waals surface area contributed by atoms with E-state index in [2.05, 4.69) is 26.3 Å². The van der Waals surface area contributed by atoms with Crippen LogP contribution in [0.3, 0.4) is 0 Å². The molecule has 1 heterocycles. The van der Waals surface area contributed by atoms with Crippen molar-refractivity contribution in [1.29, 1.82) is 0 Å².